The molecule has 110 valence electrons. The molecule has 1 aromatic carbocycles. The summed E-state index contributed by atoms with van der Waals surface area (Å²) in [5.74, 6) is 0.0329. The maximum Gasteiger partial charge on any atom is 0.230 e. The maximum atomic E-state index is 12.2. The number of ether oxygens (including phenoxy) is 1. The van der Waals surface area contributed by atoms with Crippen LogP contribution in [0.4, 0.5) is 5.69 Å². The first-order chi connectivity index (χ1) is 9.70. The molecular formula is C16H24N2O2. The van der Waals surface area contributed by atoms with Gasteiger partial charge >= 0.3 is 0 Å². The van der Waals surface area contributed by atoms with Crippen molar-refractivity contribution in [2.45, 2.75) is 39.3 Å². The third-order valence-corrected chi connectivity index (χ3v) is 3.66. The summed E-state index contributed by atoms with van der Waals surface area (Å²) in [7, 11) is 0. The summed E-state index contributed by atoms with van der Waals surface area (Å²) in [5.41, 5.74) is 2.05. The van der Waals surface area contributed by atoms with E-state index in [-0.39, 0.29) is 17.9 Å². The largest absolute Gasteiger partial charge is 0.378 e. The Morgan fingerprint density at radius 3 is 3.00 bits per heavy atom. The third kappa shape index (κ3) is 4.05. The first-order valence-electron chi connectivity index (χ1n) is 7.43. The van der Waals surface area contributed by atoms with Crippen LogP contribution in [0.15, 0.2) is 24.3 Å². The highest BCUT2D eigenvalue weighted by Crippen LogP contribution is 2.22. The van der Waals surface area contributed by atoms with Crippen molar-refractivity contribution in [3.63, 3.8) is 0 Å². The minimum Gasteiger partial charge on any atom is -0.378 e. The number of benzene rings is 1. The van der Waals surface area contributed by atoms with Crippen LogP contribution in [-0.4, -0.2) is 25.2 Å². The van der Waals surface area contributed by atoms with Crippen LogP contribution in [0.25, 0.3) is 0 Å². The number of nitrogens with one attached hydrogen (secondary N) is 2. The van der Waals surface area contributed by atoms with Crippen molar-refractivity contribution >= 4 is 11.6 Å². The SMILES string of the molecule is CCCNCc1cccc(NC(=O)C2CCOC2C)c1. The zero-order valence-electron chi connectivity index (χ0n) is 12.3. The average molecular weight is 276 g/mol. The lowest BCUT2D eigenvalue weighted by atomic mass is 10.0. The second kappa shape index (κ2) is 7.41. The van der Waals surface area contributed by atoms with Gasteiger partial charge in [0, 0.05) is 18.8 Å². The zero-order chi connectivity index (χ0) is 14.4. The Bertz CT molecular complexity index is 448. The number of carbonyl (C=O) groups excluding carboxylic acids is 1. The molecule has 2 unspecified atom stereocenters. The highest BCUT2D eigenvalue weighted by Gasteiger charge is 2.30. The molecule has 1 aliphatic heterocycles. The third-order valence-electron chi connectivity index (χ3n) is 3.66. The molecule has 1 amide bonds. The van der Waals surface area contributed by atoms with Crippen LogP contribution in [0.3, 0.4) is 0 Å². The Balaban J connectivity index is 1.91. The van der Waals surface area contributed by atoms with E-state index in [1.807, 2.05) is 25.1 Å². The fraction of sp³-hybridized carbons (Fsp3) is 0.562. The second-order valence-corrected chi connectivity index (χ2v) is 5.34. The van der Waals surface area contributed by atoms with E-state index in [1.54, 1.807) is 0 Å². The number of amides is 1. The Morgan fingerprint density at radius 1 is 1.45 bits per heavy atom. The molecule has 0 saturated carbocycles. The molecule has 2 rings (SSSR count). The molecule has 0 radical (unpaired) electrons. The van der Waals surface area contributed by atoms with Crippen molar-refractivity contribution in [3.05, 3.63) is 29.8 Å². The lowest BCUT2D eigenvalue weighted by molar-refractivity contribution is -0.121. The standard InChI is InChI=1S/C16H24N2O2/c1-3-8-17-11-13-5-4-6-14(10-13)18-16(19)15-7-9-20-12(15)2/h4-6,10,12,15,17H,3,7-9,11H2,1-2H3,(H,18,19). The van der Waals surface area contributed by atoms with Gasteiger partial charge < -0.3 is 15.4 Å². The van der Waals surface area contributed by atoms with Crippen molar-refractivity contribution in [2.24, 2.45) is 5.92 Å². The van der Waals surface area contributed by atoms with Crippen molar-refractivity contribution < 1.29 is 9.53 Å². The van der Waals surface area contributed by atoms with Crippen LogP contribution in [0.2, 0.25) is 0 Å². The van der Waals surface area contributed by atoms with Gasteiger partial charge in [-0.2, -0.15) is 0 Å². The predicted octanol–water partition coefficient (Wildman–Crippen LogP) is 2.55. The molecule has 0 aliphatic carbocycles. The van der Waals surface area contributed by atoms with Crippen LogP contribution in [0.1, 0.15) is 32.3 Å². The fourth-order valence-corrected chi connectivity index (χ4v) is 2.48. The van der Waals surface area contributed by atoms with Gasteiger partial charge in [0.2, 0.25) is 5.91 Å². The topological polar surface area (TPSA) is 50.4 Å². The van der Waals surface area contributed by atoms with Gasteiger partial charge in [-0.3, -0.25) is 4.79 Å². The van der Waals surface area contributed by atoms with Crippen molar-refractivity contribution in [2.75, 3.05) is 18.5 Å². The van der Waals surface area contributed by atoms with Crippen LogP contribution in [-0.2, 0) is 16.1 Å². The lowest BCUT2D eigenvalue weighted by Gasteiger charge is -2.14. The Labute approximate surface area is 120 Å². The maximum absolute atomic E-state index is 12.2. The zero-order valence-corrected chi connectivity index (χ0v) is 12.3. The van der Waals surface area contributed by atoms with E-state index in [1.165, 1.54) is 5.56 Å². The van der Waals surface area contributed by atoms with Crippen molar-refractivity contribution in [3.8, 4) is 0 Å². The van der Waals surface area contributed by atoms with E-state index in [9.17, 15) is 4.79 Å². The summed E-state index contributed by atoms with van der Waals surface area (Å²) in [6.07, 6.45) is 1.95. The summed E-state index contributed by atoms with van der Waals surface area (Å²) >= 11 is 0. The van der Waals surface area contributed by atoms with Gasteiger partial charge in [0.1, 0.15) is 0 Å². The number of rotatable bonds is 6. The first-order valence-corrected chi connectivity index (χ1v) is 7.43. The van der Waals surface area contributed by atoms with Crippen molar-refractivity contribution in [1.82, 2.24) is 5.32 Å². The number of anilines is 1. The molecule has 1 saturated heterocycles. The molecular weight excluding hydrogens is 252 g/mol. The molecule has 1 aliphatic rings. The first kappa shape index (κ1) is 15.0. The Morgan fingerprint density at radius 2 is 2.30 bits per heavy atom. The average Bonchev–Trinajstić information content (AvgIpc) is 2.86. The fourth-order valence-electron chi connectivity index (χ4n) is 2.48. The van der Waals surface area contributed by atoms with Crippen LogP contribution >= 0.6 is 0 Å². The Kier molecular flexibility index (Phi) is 5.56. The molecule has 1 fully saturated rings. The molecule has 0 bridgehead atoms. The molecule has 0 spiro atoms. The predicted molar refractivity (Wildman–Crippen MR) is 80.6 cm³/mol. The van der Waals surface area contributed by atoms with Crippen LogP contribution in [0, 0.1) is 5.92 Å². The Hall–Kier alpha value is -1.39. The van der Waals surface area contributed by atoms with Crippen LogP contribution in [0.5, 0.6) is 0 Å². The summed E-state index contributed by atoms with van der Waals surface area (Å²) in [4.78, 5) is 12.2. The van der Waals surface area contributed by atoms with Gasteiger partial charge in [0.15, 0.2) is 0 Å². The van der Waals surface area contributed by atoms with Crippen molar-refractivity contribution in [1.29, 1.82) is 0 Å². The molecule has 2 atom stereocenters. The highest BCUT2D eigenvalue weighted by atomic mass is 16.5. The van der Waals surface area contributed by atoms with Gasteiger partial charge in [-0.25, -0.2) is 0 Å². The van der Waals surface area contributed by atoms with Gasteiger partial charge in [-0.15, -0.1) is 0 Å². The molecule has 20 heavy (non-hydrogen) atoms. The van der Waals surface area contributed by atoms with E-state index in [4.69, 9.17) is 4.74 Å². The van der Waals surface area contributed by atoms with Gasteiger partial charge in [0.25, 0.3) is 0 Å². The summed E-state index contributed by atoms with van der Waals surface area (Å²) in [6, 6.07) is 8.01. The number of carbonyl (C=O) groups is 1. The van der Waals surface area contributed by atoms with Crippen LogP contribution < -0.4 is 10.6 Å². The van der Waals surface area contributed by atoms with E-state index in [2.05, 4.69) is 23.6 Å². The van der Waals surface area contributed by atoms with Gasteiger partial charge in [-0.05, 0) is 44.0 Å². The van der Waals surface area contributed by atoms with Gasteiger partial charge in [0.05, 0.1) is 12.0 Å². The molecule has 4 nitrogen and oxygen atoms in total. The van der Waals surface area contributed by atoms with E-state index in [0.29, 0.717) is 6.61 Å². The minimum atomic E-state index is -0.0307. The molecule has 0 aromatic heterocycles. The van der Waals surface area contributed by atoms with Gasteiger partial charge in [-0.1, -0.05) is 19.1 Å². The minimum absolute atomic E-state index is 0.0180. The number of hydrogen-bond acceptors (Lipinski definition) is 3. The molecule has 2 N–H and O–H groups in total. The summed E-state index contributed by atoms with van der Waals surface area (Å²) < 4.78 is 5.44. The summed E-state index contributed by atoms with van der Waals surface area (Å²) in [6.45, 7) is 6.63. The van der Waals surface area contributed by atoms with E-state index < -0.39 is 0 Å². The molecule has 1 aromatic rings. The lowest BCUT2D eigenvalue weighted by Crippen LogP contribution is -2.27. The highest BCUT2D eigenvalue weighted by molar-refractivity contribution is 5.93. The monoisotopic (exact) mass is 276 g/mol. The van der Waals surface area contributed by atoms with E-state index >= 15 is 0 Å². The second-order valence-electron chi connectivity index (χ2n) is 5.34. The quantitative estimate of drug-likeness (QED) is 0.785. The molecule has 1 heterocycles. The number of hydrogen-bond donors (Lipinski definition) is 2. The smallest absolute Gasteiger partial charge is 0.230 e. The normalized spacial score (nSPS) is 21.9. The molecule has 4 heteroatoms. The summed E-state index contributed by atoms with van der Waals surface area (Å²) in [5, 5.41) is 6.36. The van der Waals surface area contributed by atoms with E-state index in [0.717, 1.165) is 31.6 Å².